The SMILES string of the molecule is COc1c(CNC2C3(C)CCC(C3)C2(C)C)c(C)nn1C. The van der Waals surface area contributed by atoms with Crippen molar-refractivity contribution in [2.24, 2.45) is 23.8 Å². The minimum absolute atomic E-state index is 0.385. The summed E-state index contributed by atoms with van der Waals surface area (Å²) in [5.41, 5.74) is 3.10. The van der Waals surface area contributed by atoms with Crippen LogP contribution >= 0.6 is 0 Å². The van der Waals surface area contributed by atoms with E-state index in [1.165, 1.54) is 24.8 Å². The Bertz CT molecular complexity index is 544. The highest BCUT2D eigenvalue weighted by Gasteiger charge is 2.58. The van der Waals surface area contributed by atoms with E-state index in [9.17, 15) is 0 Å². The van der Waals surface area contributed by atoms with Crippen molar-refractivity contribution in [2.45, 2.75) is 59.5 Å². The van der Waals surface area contributed by atoms with E-state index in [1.807, 2.05) is 11.7 Å². The van der Waals surface area contributed by atoms with Crippen LogP contribution < -0.4 is 10.1 Å². The lowest BCUT2D eigenvalue weighted by atomic mass is 9.68. The number of fused-ring (bicyclic) bond motifs is 2. The average molecular weight is 291 g/mol. The third-order valence-electron chi connectivity index (χ3n) is 6.23. The zero-order valence-corrected chi connectivity index (χ0v) is 14.3. The minimum atomic E-state index is 0.385. The van der Waals surface area contributed by atoms with Crippen LogP contribution in [-0.2, 0) is 13.6 Å². The molecule has 118 valence electrons. The molecule has 2 bridgehead atoms. The monoisotopic (exact) mass is 291 g/mol. The van der Waals surface area contributed by atoms with Gasteiger partial charge in [0, 0.05) is 19.6 Å². The van der Waals surface area contributed by atoms with E-state index in [0.29, 0.717) is 16.9 Å². The Kier molecular flexibility index (Phi) is 3.36. The average Bonchev–Trinajstić information content (AvgIpc) is 2.96. The molecule has 0 aromatic carbocycles. The van der Waals surface area contributed by atoms with E-state index < -0.39 is 0 Å². The summed E-state index contributed by atoms with van der Waals surface area (Å²) >= 11 is 0. The molecule has 1 heterocycles. The molecule has 4 nitrogen and oxygen atoms in total. The highest BCUT2D eigenvalue weighted by molar-refractivity contribution is 5.31. The lowest BCUT2D eigenvalue weighted by Crippen LogP contribution is -2.50. The quantitative estimate of drug-likeness (QED) is 0.926. The van der Waals surface area contributed by atoms with Crippen LogP contribution in [0, 0.1) is 23.7 Å². The molecule has 3 rings (SSSR count). The Balaban J connectivity index is 1.79. The highest BCUT2D eigenvalue weighted by atomic mass is 16.5. The molecule has 0 aliphatic heterocycles. The maximum absolute atomic E-state index is 5.51. The Morgan fingerprint density at radius 2 is 2.10 bits per heavy atom. The van der Waals surface area contributed by atoms with Gasteiger partial charge in [-0.3, -0.25) is 0 Å². The second-order valence-electron chi connectivity index (χ2n) is 7.93. The van der Waals surface area contributed by atoms with Crippen molar-refractivity contribution in [2.75, 3.05) is 7.11 Å². The van der Waals surface area contributed by atoms with Crippen molar-refractivity contribution >= 4 is 0 Å². The van der Waals surface area contributed by atoms with Crippen molar-refractivity contribution in [1.82, 2.24) is 15.1 Å². The van der Waals surface area contributed by atoms with Gasteiger partial charge in [-0.05, 0) is 42.9 Å². The van der Waals surface area contributed by atoms with Gasteiger partial charge in [0.1, 0.15) is 0 Å². The van der Waals surface area contributed by atoms with Crippen molar-refractivity contribution in [3.8, 4) is 5.88 Å². The predicted octanol–water partition coefficient (Wildman–Crippen LogP) is 3.04. The number of aryl methyl sites for hydroxylation is 2. The standard InChI is InChI=1S/C17H29N3O/c1-11-13(14(21-6)20(5)19-11)10-18-15-16(2,3)12-7-8-17(15,4)9-12/h12,15,18H,7-10H2,1-6H3. The van der Waals surface area contributed by atoms with Crippen molar-refractivity contribution in [3.63, 3.8) is 0 Å². The Labute approximate surface area is 128 Å². The molecule has 1 N–H and O–H groups in total. The maximum atomic E-state index is 5.51. The molecule has 2 aliphatic rings. The van der Waals surface area contributed by atoms with Gasteiger partial charge in [0.15, 0.2) is 0 Å². The van der Waals surface area contributed by atoms with Crippen LogP contribution in [0.3, 0.4) is 0 Å². The Hall–Kier alpha value is -1.03. The zero-order valence-electron chi connectivity index (χ0n) is 14.3. The predicted molar refractivity (Wildman–Crippen MR) is 84.4 cm³/mol. The fourth-order valence-corrected chi connectivity index (χ4v) is 5.16. The van der Waals surface area contributed by atoms with E-state index in [2.05, 4.69) is 38.1 Å². The summed E-state index contributed by atoms with van der Waals surface area (Å²) < 4.78 is 7.35. The number of nitrogens with zero attached hydrogens (tertiary/aromatic N) is 2. The number of rotatable bonds is 4. The van der Waals surface area contributed by atoms with Gasteiger partial charge in [0.25, 0.3) is 0 Å². The van der Waals surface area contributed by atoms with Crippen LogP contribution in [0.2, 0.25) is 0 Å². The largest absolute Gasteiger partial charge is 0.481 e. The normalized spacial score (nSPS) is 33.6. The molecule has 3 atom stereocenters. The number of hydrogen-bond donors (Lipinski definition) is 1. The first kappa shape index (κ1) is 14.9. The fraction of sp³-hybridized carbons (Fsp3) is 0.824. The summed E-state index contributed by atoms with van der Waals surface area (Å²) in [6.45, 7) is 10.2. The van der Waals surface area contributed by atoms with Gasteiger partial charge in [0.05, 0.1) is 18.4 Å². The molecule has 0 spiro atoms. The molecule has 0 amide bonds. The van der Waals surface area contributed by atoms with Crippen LogP contribution in [0.4, 0.5) is 0 Å². The Morgan fingerprint density at radius 3 is 2.67 bits per heavy atom. The van der Waals surface area contributed by atoms with E-state index in [0.717, 1.165) is 24.0 Å². The van der Waals surface area contributed by atoms with Gasteiger partial charge < -0.3 is 10.1 Å². The summed E-state index contributed by atoms with van der Waals surface area (Å²) in [6.07, 6.45) is 4.14. The molecule has 21 heavy (non-hydrogen) atoms. The molecule has 0 saturated heterocycles. The van der Waals surface area contributed by atoms with Gasteiger partial charge in [-0.1, -0.05) is 20.8 Å². The van der Waals surface area contributed by atoms with Crippen LogP contribution in [0.5, 0.6) is 5.88 Å². The molecule has 4 heteroatoms. The smallest absolute Gasteiger partial charge is 0.216 e. The summed E-state index contributed by atoms with van der Waals surface area (Å²) in [7, 11) is 3.67. The van der Waals surface area contributed by atoms with E-state index in [4.69, 9.17) is 4.74 Å². The summed E-state index contributed by atoms with van der Waals surface area (Å²) in [5.74, 6) is 1.75. The van der Waals surface area contributed by atoms with Crippen molar-refractivity contribution < 1.29 is 4.74 Å². The lowest BCUT2D eigenvalue weighted by molar-refractivity contribution is 0.107. The summed E-state index contributed by atoms with van der Waals surface area (Å²) in [5, 5.41) is 8.34. The second-order valence-corrected chi connectivity index (χ2v) is 7.93. The number of methoxy groups -OCH3 is 1. The van der Waals surface area contributed by atoms with Crippen LogP contribution in [0.25, 0.3) is 0 Å². The first-order chi connectivity index (χ1) is 9.79. The molecule has 2 fully saturated rings. The zero-order chi connectivity index (χ0) is 15.4. The Morgan fingerprint density at radius 1 is 1.38 bits per heavy atom. The molecular formula is C17H29N3O. The van der Waals surface area contributed by atoms with Crippen LogP contribution in [-0.4, -0.2) is 22.9 Å². The van der Waals surface area contributed by atoms with Gasteiger partial charge in [-0.15, -0.1) is 0 Å². The number of aromatic nitrogens is 2. The molecular weight excluding hydrogens is 262 g/mol. The third kappa shape index (κ3) is 2.10. The molecule has 3 unspecified atom stereocenters. The summed E-state index contributed by atoms with van der Waals surface area (Å²) in [6, 6.07) is 0.577. The lowest BCUT2D eigenvalue weighted by Gasteiger charge is -2.43. The van der Waals surface area contributed by atoms with Crippen LogP contribution in [0.15, 0.2) is 0 Å². The first-order valence-corrected chi connectivity index (χ1v) is 8.09. The fourth-order valence-electron chi connectivity index (χ4n) is 5.16. The maximum Gasteiger partial charge on any atom is 0.216 e. The topological polar surface area (TPSA) is 39.1 Å². The molecule has 2 saturated carbocycles. The number of ether oxygens (including phenoxy) is 1. The van der Waals surface area contributed by atoms with Gasteiger partial charge >= 0.3 is 0 Å². The molecule has 1 aromatic rings. The van der Waals surface area contributed by atoms with Gasteiger partial charge in [-0.25, -0.2) is 4.68 Å². The minimum Gasteiger partial charge on any atom is -0.481 e. The number of hydrogen-bond acceptors (Lipinski definition) is 3. The second kappa shape index (κ2) is 4.73. The van der Waals surface area contributed by atoms with Crippen molar-refractivity contribution in [3.05, 3.63) is 11.3 Å². The first-order valence-electron chi connectivity index (χ1n) is 8.09. The molecule has 0 radical (unpaired) electrons. The van der Waals surface area contributed by atoms with Crippen molar-refractivity contribution in [1.29, 1.82) is 0 Å². The van der Waals surface area contributed by atoms with E-state index >= 15 is 0 Å². The molecule has 1 aromatic heterocycles. The molecule has 2 aliphatic carbocycles. The third-order valence-corrected chi connectivity index (χ3v) is 6.23. The number of nitrogens with one attached hydrogen (secondary N) is 1. The van der Waals surface area contributed by atoms with E-state index in [-0.39, 0.29) is 0 Å². The van der Waals surface area contributed by atoms with Crippen LogP contribution in [0.1, 0.15) is 51.3 Å². The van der Waals surface area contributed by atoms with E-state index in [1.54, 1.807) is 7.11 Å². The van der Waals surface area contributed by atoms with Gasteiger partial charge in [0.2, 0.25) is 5.88 Å². The van der Waals surface area contributed by atoms with Gasteiger partial charge in [-0.2, -0.15) is 5.10 Å². The summed E-state index contributed by atoms with van der Waals surface area (Å²) in [4.78, 5) is 0. The highest BCUT2D eigenvalue weighted by Crippen LogP contribution is 2.62.